The number of nitrogens with one attached hydrogen (secondary N) is 2. The molecule has 5 nitrogen and oxygen atoms in total. The fourth-order valence-corrected chi connectivity index (χ4v) is 3.11. The van der Waals surface area contributed by atoms with Crippen LogP contribution in [0.15, 0.2) is 61.1 Å². The maximum atomic E-state index is 12.5. The number of rotatable bonds is 4. The summed E-state index contributed by atoms with van der Waals surface area (Å²) in [5, 5.41) is 6.24. The van der Waals surface area contributed by atoms with Crippen molar-refractivity contribution in [2.45, 2.75) is 19.4 Å². The lowest BCUT2D eigenvalue weighted by Gasteiger charge is -2.18. The van der Waals surface area contributed by atoms with Gasteiger partial charge in [0.15, 0.2) is 5.82 Å². The summed E-state index contributed by atoms with van der Waals surface area (Å²) in [5.41, 5.74) is 4.20. The maximum Gasteiger partial charge on any atom is 0.256 e. The van der Waals surface area contributed by atoms with Gasteiger partial charge in [-0.15, -0.1) is 0 Å². The third kappa shape index (κ3) is 3.55. The minimum Gasteiger partial charge on any atom is -0.385 e. The van der Waals surface area contributed by atoms with E-state index in [-0.39, 0.29) is 5.91 Å². The molecule has 0 spiro atoms. The van der Waals surface area contributed by atoms with Crippen molar-refractivity contribution in [3.8, 4) is 0 Å². The van der Waals surface area contributed by atoms with E-state index in [2.05, 4.69) is 27.8 Å². The molecule has 25 heavy (non-hydrogen) atoms. The zero-order valence-electron chi connectivity index (χ0n) is 13.9. The van der Waals surface area contributed by atoms with Gasteiger partial charge in [-0.3, -0.25) is 4.79 Å². The Kier molecular flexibility index (Phi) is 4.21. The Morgan fingerprint density at radius 3 is 2.96 bits per heavy atom. The molecule has 0 saturated heterocycles. The van der Waals surface area contributed by atoms with Gasteiger partial charge in [-0.25, -0.2) is 4.98 Å². The molecule has 3 aromatic rings. The van der Waals surface area contributed by atoms with Crippen LogP contribution in [0.4, 0.5) is 11.5 Å². The van der Waals surface area contributed by atoms with Crippen molar-refractivity contribution in [2.75, 3.05) is 17.2 Å². The molecule has 1 amide bonds. The Morgan fingerprint density at radius 1 is 1.20 bits per heavy atom. The van der Waals surface area contributed by atoms with Crippen molar-refractivity contribution in [1.82, 2.24) is 9.55 Å². The number of hydrogen-bond donors (Lipinski definition) is 2. The average Bonchev–Trinajstić information content (AvgIpc) is 3.09. The normalized spacial score (nSPS) is 13.0. The number of nitrogens with zero attached hydrogens (tertiary/aromatic N) is 2. The minimum absolute atomic E-state index is 0.127. The lowest BCUT2D eigenvalue weighted by Crippen LogP contribution is -2.15. The minimum atomic E-state index is -0.127. The third-order valence-electron chi connectivity index (χ3n) is 4.39. The Morgan fingerprint density at radius 2 is 2.08 bits per heavy atom. The van der Waals surface area contributed by atoms with E-state index in [1.54, 1.807) is 6.33 Å². The molecule has 0 saturated carbocycles. The van der Waals surface area contributed by atoms with Crippen LogP contribution in [0.5, 0.6) is 0 Å². The molecule has 0 unspecified atom stereocenters. The van der Waals surface area contributed by atoms with Crippen molar-refractivity contribution in [2.24, 2.45) is 0 Å². The quantitative estimate of drug-likeness (QED) is 0.768. The lowest BCUT2D eigenvalue weighted by atomic mass is 10.0. The van der Waals surface area contributed by atoms with Gasteiger partial charge in [0, 0.05) is 30.5 Å². The third-order valence-corrected chi connectivity index (χ3v) is 4.39. The molecular formula is C20H20N4O. The average molecular weight is 332 g/mol. The SMILES string of the molecule is O=C(Nc1cn(Cc2ccccc2)cn1)c1ccc2c(c1)CCCN2. The summed E-state index contributed by atoms with van der Waals surface area (Å²) in [7, 11) is 0. The molecule has 0 bridgehead atoms. The topological polar surface area (TPSA) is 59.0 Å². The van der Waals surface area contributed by atoms with Crippen LogP contribution in [-0.2, 0) is 13.0 Å². The lowest BCUT2D eigenvalue weighted by molar-refractivity contribution is 0.102. The van der Waals surface area contributed by atoms with Crippen molar-refractivity contribution in [3.63, 3.8) is 0 Å². The fraction of sp³-hybridized carbons (Fsp3) is 0.200. The van der Waals surface area contributed by atoms with Crippen molar-refractivity contribution in [3.05, 3.63) is 77.7 Å². The van der Waals surface area contributed by atoms with Crippen LogP contribution in [0.3, 0.4) is 0 Å². The molecule has 0 fully saturated rings. The Balaban J connectivity index is 1.44. The summed E-state index contributed by atoms with van der Waals surface area (Å²) < 4.78 is 1.96. The summed E-state index contributed by atoms with van der Waals surface area (Å²) in [4.78, 5) is 16.8. The standard InChI is InChI=1S/C20H20N4O/c25-20(17-8-9-18-16(11-17)7-4-10-21-18)23-19-13-24(14-22-19)12-15-5-2-1-3-6-15/h1-3,5-6,8-9,11,13-14,21H,4,7,10,12H2,(H,23,25). The number of aryl methyl sites for hydroxylation is 1. The molecule has 2 aromatic carbocycles. The number of aromatic nitrogens is 2. The number of hydrogen-bond acceptors (Lipinski definition) is 3. The van der Waals surface area contributed by atoms with Gasteiger partial charge in [-0.2, -0.15) is 0 Å². The van der Waals surface area contributed by atoms with Crippen LogP contribution < -0.4 is 10.6 Å². The molecule has 1 aliphatic heterocycles. The van der Waals surface area contributed by atoms with Crippen molar-refractivity contribution < 1.29 is 4.79 Å². The van der Waals surface area contributed by atoms with Gasteiger partial charge in [0.05, 0.1) is 6.33 Å². The van der Waals surface area contributed by atoms with E-state index in [0.717, 1.165) is 31.6 Å². The highest BCUT2D eigenvalue weighted by Crippen LogP contribution is 2.23. The second kappa shape index (κ2) is 6.81. The van der Waals surface area contributed by atoms with Gasteiger partial charge in [-0.05, 0) is 42.2 Å². The van der Waals surface area contributed by atoms with E-state index in [9.17, 15) is 4.79 Å². The first-order valence-electron chi connectivity index (χ1n) is 8.52. The molecular weight excluding hydrogens is 312 g/mol. The number of carbonyl (C=O) groups is 1. The molecule has 1 aromatic heterocycles. The maximum absolute atomic E-state index is 12.5. The first kappa shape index (κ1) is 15.4. The molecule has 126 valence electrons. The molecule has 0 atom stereocenters. The van der Waals surface area contributed by atoms with E-state index >= 15 is 0 Å². The number of imidazole rings is 1. The molecule has 2 heterocycles. The highest BCUT2D eigenvalue weighted by molar-refractivity contribution is 6.04. The molecule has 0 radical (unpaired) electrons. The molecule has 5 heteroatoms. The van der Waals surface area contributed by atoms with Gasteiger partial charge in [0.25, 0.3) is 5.91 Å². The number of fused-ring (bicyclic) bond motifs is 1. The molecule has 1 aliphatic rings. The second-order valence-electron chi connectivity index (χ2n) is 6.27. The van der Waals surface area contributed by atoms with Crippen LogP contribution in [-0.4, -0.2) is 22.0 Å². The number of anilines is 2. The number of benzene rings is 2. The van der Waals surface area contributed by atoms with Gasteiger partial charge < -0.3 is 15.2 Å². The van der Waals surface area contributed by atoms with Crippen molar-refractivity contribution in [1.29, 1.82) is 0 Å². The zero-order chi connectivity index (χ0) is 17.1. The van der Waals surface area contributed by atoms with Gasteiger partial charge >= 0.3 is 0 Å². The Bertz CT molecular complexity index is 886. The first-order valence-corrected chi connectivity index (χ1v) is 8.52. The van der Waals surface area contributed by atoms with Gasteiger partial charge in [0.2, 0.25) is 0 Å². The number of amides is 1. The van der Waals surface area contributed by atoms with Crippen LogP contribution >= 0.6 is 0 Å². The van der Waals surface area contributed by atoms with Gasteiger partial charge in [-0.1, -0.05) is 30.3 Å². The smallest absolute Gasteiger partial charge is 0.256 e. The molecule has 2 N–H and O–H groups in total. The van der Waals surface area contributed by atoms with Crippen LogP contribution in [0, 0.1) is 0 Å². The van der Waals surface area contributed by atoms with E-state index in [4.69, 9.17) is 0 Å². The zero-order valence-corrected chi connectivity index (χ0v) is 13.9. The molecule has 4 rings (SSSR count). The monoisotopic (exact) mass is 332 g/mol. The predicted molar refractivity (Wildman–Crippen MR) is 99.0 cm³/mol. The van der Waals surface area contributed by atoms with Crippen LogP contribution in [0.25, 0.3) is 0 Å². The van der Waals surface area contributed by atoms with Crippen LogP contribution in [0.1, 0.15) is 27.9 Å². The Labute approximate surface area is 146 Å². The van der Waals surface area contributed by atoms with E-state index in [1.165, 1.54) is 11.1 Å². The Hall–Kier alpha value is -3.08. The van der Waals surface area contributed by atoms with E-state index in [0.29, 0.717) is 11.4 Å². The predicted octanol–water partition coefficient (Wildman–Crippen LogP) is 3.54. The van der Waals surface area contributed by atoms with Crippen molar-refractivity contribution >= 4 is 17.4 Å². The first-order chi connectivity index (χ1) is 12.3. The van der Waals surface area contributed by atoms with Crippen LogP contribution in [0.2, 0.25) is 0 Å². The van der Waals surface area contributed by atoms with E-state index < -0.39 is 0 Å². The summed E-state index contributed by atoms with van der Waals surface area (Å²) in [5.74, 6) is 0.440. The highest BCUT2D eigenvalue weighted by atomic mass is 16.1. The summed E-state index contributed by atoms with van der Waals surface area (Å²) in [6.45, 7) is 1.73. The van der Waals surface area contributed by atoms with E-state index in [1.807, 2.05) is 47.2 Å². The number of carbonyl (C=O) groups excluding carboxylic acids is 1. The summed E-state index contributed by atoms with van der Waals surface area (Å²) in [6, 6.07) is 16.0. The summed E-state index contributed by atoms with van der Waals surface area (Å²) >= 11 is 0. The fourth-order valence-electron chi connectivity index (χ4n) is 3.11. The molecule has 0 aliphatic carbocycles. The largest absolute Gasteiger partial charge is 0.385 e. The highest BCUT2D eigenvalue weighted by Gasteiger charge is 2.13. The summed E-state index contributed by atoms with van der Waals surface area (Å²) in [6.07, 6.45) is 5.70. The second-order valence-corrected chi connectivity index (χ2v) is 6.27. The van der Waals surface area contributed by atoms with Gasteiger partial charge in [0.1, 0.15) is 0 Å².